The van der Waals surface area contributed by atoms with Crippen molar-refractivity contribution in [2.24, 2.45) is 4.99 Å². The van der Waals surface area contributed by atoms with Crippen molar-refractivity contribution in [1.29, 1.82) is 0 Å². The van der Waals surface area contributed by atoms with E-state index in [2.05, 4.69) is 10.3 Å². The van der Waals surface area contributed by atoms with Gasteiger partial charge in [0, 0.05) is 35.6 Å². The van der Waals surface area contributed by atoms with Crippen LogP contribution in [0, 0.1) is 0 Å². The zero-order valence-electron chi connectivity index (χ0n) is 16.5. The quantitative estimate of drug-likeness (QED) is 0.483. The van der Waals surface area contributed by atoms with Crippen LogP contribution in [-0.4, -0.2) is 30.7 Å². The van der Waals surface area contributed by atoms with E-state index in [1.165, 1.54) is 11.1 Å². The van der Waals surface area contributed by atoms with Crippen LogP contribution in [0.3, 0.4) is 0 Å². The van der Waals surface area contributed by atoms with Gasteiger partial charge in [0.05, 0.1) is 5.69 Å². The number of para-hydroxylation sites is 2. The van der Waals surface area contributed by atoms with Crippen molar-refractivity contribution in [3.05, 3.63) is 94.9 Å². The second kappa shape index (κ2) is 7.75. The molecule has 0 radical (unpaired) electrons. The molecule has 0 saturated heterocycles. The Morgan fingerprint density at radius 1 is 1.00 bits per heavy atom. The fraction of sp³-hybridized carbons (Fsp3) is 0.0833. The lowest BCUT2D eigenvalue weighted by atomic mass is 10.1. The third kappa shape index (κ3) is 2.99. The molecule has 2 aliphatic heterocycles. The number of carbonyl (C=O) groups is 3. The van der Waals surface area contributed by atoms with Crippen LogP contribution in [0.2, 0.25) is 0 Å². The molecule has 0 fully saturated rings. The van der Waals surface area contributed by atoms with Gasteiger partial charge < -0.3 is 5.32 Å². The predicted molar refractivity (Wildman–Crippen MR) is 117 cm³/mol. The van der Waals surface area contributed by atoms with E-state index in [0.29, 0.717) is 28.1 Å². The summed E-state index contributed by atoms with van der Waals surface area (Å²) in [6.07, 6.45) is 6.47. The minimum absolute atomic E-state index is 0.0336. The van der Waals surface area contributed by atoms with Gasteiger partial charge in [-0.05, 0) is 37.3 Å². The molecule has 6 nitrogen and oxygen atoms in total. The maximum absolute atomic E-state index is 13.5. The number of anilines is 2. The van der Waals surface area contributed by atoms with Crippen LogP contribution >= 0.6 is 0 Å². The van der Waals surface area contributed by atoms with E-state index in [1.807, 2.05) is 0 Å². The number of carbonyl (C=O) groups excluding carboxylic acids is 3. The lowest BCUT2D eigenvalue weighted by Crippen LogP contribution is -2.32. The number of rotatable bonds is 3. The largest absolute Gasteiger partial charge is 0.350 e. The van der Waals surface area contributed by atoms with Gasteiger partial charge in [-0.1, -0.05) is 36.4 Å². The summed E-state index contributed by atoms with van der Waals surface area (Å²) in [6, 6.07) is 13.9. The van der Waals surface area contributed by atoms with Crippen LogP contribution in [-0.2, 0) is 4.79 Å². The Kier molecular flexibility index (Phi) is 4.98. The standard InChI is InChI=1S/C24H19N3O3/c1-3-8-15(13-14-25-2)24(30)27-19-12-7-5-10-17(19)23(29)21(27)20-22(28)16-9-4-6-11-18(16)26-20/h3-14,26H,1-2H3/b8-3-,15-13+,21-20+,25-14+. The molecule has 2 aromatic carbocycles. The zero-order chi connectivity index (χ0) is 21.3. The first-order valence-electron chi connectivity index (χ1n) is 9.46. The number of benzene rings is 2. The Balaban J connectivity index is 1.92. The lowest BCUT2D eigenvalue weighted by molar-refractivity contribution is -0.114. The lowest BCUT2D eigenvalue weighted by Gasteiger charge is -2.20. The van der Waals surface area contributed by atoms with Gasteiger partial charge in [-0.3, -0.25) is 24.3 Å². The van der Waals surface area contributed by atoms with Gasteiger partial charge in [0.25, 0.3) is 5.91 Å². The number of fused-ring (bicyclic) bond motifs is 2. The van der Waals surface area contributed by atoms with Crippen LogP contribution in [0.15, 0.2) is 88.7 Å². The molecule has 148 valence electrons. The van der Waals surface area contributed by atoms with Gasteiger partial charge in [0.15, 0.2) is 0 Å². The Hall–Kier alpha value is -4.06. The van der Waals surface area contributed by atoms with Crippen LogP contribution in [0.4, 0.5) is 11.4 Å². The second-order valence-corrected chi connectivity index (χ2v) is 6.74. The van der Waals surface area contributed by atoms with Crippen LogP contribution in [0.25, 0.3) is 0 Å². The Morgan fingerprint density at radius 3 is 2.40 bits per heavy atom. The number of Topliss-reactive ketones (excluding diaryl/α,β-unsaturated/α-hetero) is 2. The highest BCUT2D eigenvalue weighted by Crippen LogP contribution is 2.40. The Labute approximate surface area is 173 Å². The van der Waals surface area contributed by atoms with Crippen molar-refractivity contribution in [3.8, 4) is 0 Å². The molecule has 1 N–H and O–H groups in total. The fourth-order valence-corrected chi connectivity index (χ4v) is 3.59. The van der Waals surface area contributed by atoms with Crippen molar-refractivity contribution in [2.75, 3.05) is 17.3 Å². The van der Waals surface area contributed by atoms with Crippen molar-refractivity contribution in [1.82, 2.24) is 0 Å². The molecule has 4 rings (SSSR count). The summed E-state index contributed by atoms with van der Waals surface area (Å²) < 4.78 is 0. The van der Waals surface area contributed by atoms with E-state index in [9.17, 15) is 14.4 Å². The highest BCUT2D eigenvalue weighted by atomic mass is 16.2. The highest BCUT2D eigenvalue weighted by molar-refractivity contribution is 6.33. The SMILES string of the molecule is C\C=C/C(=C\C=N\C)C(=O)N1/C(=C2/Nc3ccccc3C2=O)C(=O)c2ccccc21. The number of nitrogens with one attached hydrogen (secondary N) is 1. The molecule has 0 aromatic heterocycles. The average Bonchev–Trinajstić information content (AvgIpc) is 3.25. The minimum atomic E-state index is -0.417. The average molecular weight is 397 g/mol. The number of ketones is 2. The summed E-state index contributed by atoms with van der Waals surface area (Å²) in [4.78, 5) is 45.1. The molecule has 0 unspecified atom stereocenters. The van der Waals surface area contributed by atoms with Crippen molar-refractivity contribution < 1.29 is 14.4 Å². The molecule has 2 aromatic rings. The molecule has 0 spiro atoms. The monoisotopic (exact) mass is 397 g/mol. The van der Waals surface area contributed by atoms with Crippen molar-refractivity contribution in [3.63, 3.8) is 0 Å². The topological polar surface area (TPSA) is 78.8 Å². The van der Waals surface area contributed by atoms with Crippen LogP contribution in [0.1, 0.15) is 27.6 Å². The van der Waals surface area contributed by atoms with Crippen LogP contribution < -0.4 is 10.2 Å². The maximum atomic E-state index is 13.5. The van der Waals surface area contributed by atoms with E-state index >= 15 is 0 Å². The molecule has 0 atom stereocenters. The zero-order valence-corrected chi connectivity index (χ0v) is 16.5. The first-order valence-corrected chi connectivity index (χ1v) is 9.46. The van der Waals surface area contributed by atoms with Gasteiger partial charge in [0.2, 0.25) is 11.6 Å². The number of nitrogens with zero attached hydrogens (tertiary/aromatic N) is 2. The van der Waals surface area contributed by atoms with E-state index in [1.54, 1.807) is 80.7 Å². The summed E-state index contributed by atoms with van der Waals surface area (Å²) >= 11 is 0. The third-order valence-electron chi connectivity index (χ3n) is 4.92. The molecule has 1 amide bonds. The second-order valence-electron chi connectivity index (χ2n) is 6.74. The number of allylic oxidation sites excluding steroid dienone is 4. The maximum Gasteiger partial charge on any atom is 0.263 e. The molecule has 2 heterocycles. The first-order chi connectivity index (χ1) is 14.6. The fourth-order valence-electron chi connectivity index (χ4n) is 3.59. The number of hydrogen-bond acceptors (Lipinski definition) is 5. The predicted octanol–water partition coefficient (Wildman–Crippen LogP) is 3.94. The summed E-state index contributed by atoms with van der Waals surface area (Å²) in [5, 5.41) is 3.04. The number of hydrogen-bond donors (Lipinski definition) is 1. The van der Waals surface area contributed by atoms with Gasteiger partial charge >= 0.3 is 0 Å². The summed E-state index contributed by atoms with van der Waals surface area (Å²) in [7, 11) is 1.61. The molecule has 6 heteroatoms. The number of amides is 1. The van der Waals surface area contributed by atoms with E-state index in [4.69, 9.17) is 0 Å². The summed E-state index contributed by atoms with van der Waals surface area (Å²) in [5.41, 5.74) is 2.39. The Bertz CT molecular complexity index is 1200. The molecule has 0 aliphatic carbocycles. The molecular weight excluding hydrogens is 378 g/mol. The summed E-state index contributed by atoms with van der Waals surface area (Å²) in [5.74, 6) is -1.10. The first kappa shape index (κ1) is 19.3. The van der Waals surface area contributed by atoms with Crippen LogP contribution in [0.5, 0.6) is 0 Å². The van der Waals surface area contributed by atoms with E-state index in [-0.39, 0.29) is 23.0 Å². The van der Waals surface area contributed by atoms with Crippen molar-refractivity contribution in [2.45, 2.75) is 6.92 Å². The number of aliphatic imine (C=N–C) groups is 1. The van der Waals surface area contributed by atoms with Gasteiger partial charge in [-0.25, -0.2) is 0 Å². The highest BCUT2D eigenvalue weighted by Gasteiger charge is 2.42. The molecule has 0 saturated carbocycles. The molecule has 30 heavy (non-hydrogen) atoms. The van der Waals surface area contributed by atoms with Gasteiger partial charge in [-0.15, -0.1) is 0 Å². The summed E-state index contributed by atoms with van der Waals surface area (Å²) in [6.45, 7) is 1.80. The van der Waals surface area contributed by atoms with E-state index in [0.717, 1.165) is 0 Å². The van der Waals surface area contributed by atoms with Gasteiger partial charge in [0.1, 0.15) is 11.4 Å². The normalized spacial score (nSPS) is 18.3. The van der Waals surface area contributed by atoms with Gasteiger partial charge in [-0.2, -0.15) is 0 Å². The smallest absolute Gasteiger partial charge is 0.263 e. The minimum Gasteiger partial charge on any atom is -0.350 e. The molecular formula is C24H19N3O3. The molecule has 0 bridgehead atoms. The van der Waals surface area contributed by atoms with E-state index < -0.39 is 5.91 Å². The Morgan fingerprint density at radius 2 is 1.70 bits per heavy atom. The third-order valence-corrected chi connectivity index (χ3v) is 4.92. The molecule has 2 aliphatic rings. The van der Waals surface area contributed by atoms with Crippen molar-refractivity contribution >= 4 is 35.1 Å².